The van der Waals surface area contributed by atoms with Crippen LogP contribution in [0.25, 0.3) is 0 Å². The standard InChI is InChI=1S/C46H89NO11S/c1-3-5-7-9-11-13-15-17-18-19-20-21-22-24-26-28-30-32-34-36-42(50)47-39(40(49)35-33-31-29-27-25-23-16-14-12-10-8-6-4-2)38-56-46-44(52)45(58-59(53,54)55)43(51)41(37-48)57-46/h33,35,39-41,43-46,48-49,51-52H,3-32,34,36-38H2,1-2H3,(H,47,50)(H,53,54,55)/b35-33+/t39?,40?,41-,43+,44-,45+,46-/m1/s1. The van der Waals surface area contributed by atoms with Crippen molar-refractivity contribution in [3.63, 3.8) is 0 Å². The van der Waals surface area contributed by atoms with Crippen molar-refractivity contribution >= 4 is 16.3 Å². The van der Waals surface area contributed by atoms with Gasteiger partial charge in [0, 0.05) is 6.42 Å². The Labute approximate surface area is 360 Å². The average Bonchev–Trinajstić information content (AvgIpc) is 3.20. The van der Waals surface area contributed by atoms with Crippen LogP contribution in [0.15, 0.2) is 12.2 Å². The zero-order valence-electron chi connectivity index (χ0n) is 37.3. The molecule has 1 saturated heterocycles. The first kappa shape index (κ1) is 55.9. The molecular weight excluding hydrogens is 775 g/mol. The van der Waals surface area contributed by atoms with Crippen molar-refractivity contribution in [1.82, 2.24) is 5.32 Å². The number of aliphatic hydroxyl groups excluding tert-OH is 4. The third kappa shape index (κ3) is 30.5. The van der Waals surface area contributed by atoms with Gasteiger partial charge < -0.3 is 35.2 Å². The van der Waals surface area contributed by atoms with Crippen LogP contribution in [0.3, 0.4) is 0 Å². The maximum atomic E-state index is 13.0. The van der Waals surface area contributed by atoms with Crippen molar-refractivity contribution in [3.8, 4) is 0 Å². The molecule has 0 bridgehead atoms. The summed E-state index contributed by atoms with van der Waals surface area (Å²) in [4.78, 5) is 13.0. The van der Waals surface area contributed by atoms with Crippen LogP contribution >= 0.6 is 0 Å². The summed E-state index contributed by atoms with van der Waals surface area (Å²) in [5.74, 6) is -0.260. The Morgan fingerprint density at radius 2 is 1.07 bits per heavy atom. The summed E-state index contributed by atoms with van der Waals surface area (Å²) in [6.45, 7) is 3.39. The van der Waals surface area contributed by atoms with Gasteiger partial charge in [-0.3, -0.25) is 9.35 Å². The number of hydrogen-bond acceptors (Lipinski definition) is 10. The Kier molecular flexibility index (Phi) is 35.4. The number of rotatable bonds is 41. The van der Waals surface area contributed by atoms with Gasteiger partial charge in [0.2, 0.25) is 5.91 Å². The van der Waals surface area contributed by atoms with Crippen LogP contribution in [0.1, 0.15) is 219 Å². The van der Waals surface area contributed by atoms with Crippen molar-refractivity contribution < 1.29 is 51.8 Å². The lowest BCUT2D eigenvalue weighted by Gasteiger charge is -2.41. The molecule has 0 aliphatic carbocycles. The molecule has 0 saturated carbocycles. The van der Waals surface area contributed by atoms with E-state index >= 15 is 0 Å². The second-order valence-corrected chi connectivity index (χ2v) is 18.1. The predicted octanol–water partition coefficient (Wildman–Crippen LogP) is 9.55. The summed E-state index contributed by atoms with van der Waals surface area (Å²) < 4.78 is 47.6. The molecule has 0 aromatic heterocycles. The van der Waals surface area contributed by atoms with Crippen LogP contribution in [-0.4, -0.2) is 95.4 Å². The highest BCUT2D eigenvalue weighted by Crippen LogP contribution is 2.26. The van der Waals surface area contributed by atoms with Gasteiger partial charge >= 0.3 is 10.4 Å². The van der Waals surface area contributed by atoms with Gasteiger partial charge in [0.1, 0.15) is 24.4 Å². The van der Waals surface area contributed by atoms with Gasteiger partial charge in [-0.15, -0.1) is 0 Å². The Morgan fingerprint density at radius 3 is 1.47 bits per heavy atom. The van der Waals surface area contributed by atoms with E-state index in [1.54, 1.807) is 6.08 Å². The van der Waals surface area contributed by atoms with Gasteiger partial charge in [0.05, 0.1) is 25.4 Å². The molecule has 6 N–H and O–H groups in total. The second-order valence-electron chi connectivity index (χ2n) is 17.1. The van der Waals surface area contributed by atoms with Crippen molar-refractivity contribution in [1.29, 1.82) is 0 Å². The number of hydrogen-bond donors (Lipinski definition) is 6. The summed E-state index contributed by atoms with van der Waals surface area (Å²) in [6.07, 6.45) is 32.5. The molecule has 0 spiro atoms. The van der Waals surface area contributed by atoms with Crippen molar-refractivity contribution in [3.05, 3.63) is 12.2 Å². The van der Waals surface area contributed by atoms with Crippen LogP contribution in [-0.2, 0) is 28.9 Å². The van der Waals surface area contributed by atoms with E-state index in [-0.39, 0.29) is 18.9 Å². The van der Waals surface area contributed by atoms with Crippen LogP contribution in [0.5, 0.6) is 0 Å². The topological polar surface area (TPSA) is 192 Å². The number of carbonyl (C=O) groups excluding carboxylic acids is 1. The normalized spacial score (nSPS) is 21.0. The molecule has 1 rings (SSSR count). The molecule has 1 aliphatic heterocycles. The van der Waals surface area contributed by atoms with E-state index in [1.807, 2.05) is 6.08 Å². The molecule has 1 fully saturated rings. The largest absolute Gasteiger partial charge is 0.397 e. The Hall–Kier alpha value is -1.16. The first-order valence-electron chi connectivity index (χ1n) is 24.1. The molecule has 350 valence electrons. The minimum atomic E-state index is -5.08. The first-order valence-corrected chi connectivity index (χ1v) is 25.4. The van der Waals surface area contributed by atoms with E-state index in [0.717, 1.165) is 38.5 Å². The first-order chi connectivity index (χ1) is 28.5. The molecule has 13 heteroatoms. The molecule has 0 aromatic carbocycles. The highest BCUT2D eigenvalue weighted by Gasteiger charge is 2.48. The Balaban J connectivity index is 2.47. The van der Waals surface area contributed by atoms with Crippen molar-refractivity contribution in [2.45, 2.75) is 262 Å². The lowest BCUT2D eigenvalue weighted by Crippen LogP contribution is -2.61. The van der Waals surface area contributed by atoms with Crippen LogP contribution in [0.2, 0.25) is 0 Å². The fourth-order valence-corrected chi connectivity index (χ4v) is 8.32. The van der Waals surface area contributed by atoms with Gasteiger partial charge in [-0.1, -0.05) is 206 Å². The molecule has 12 nitrogen and oxygen atoms in total. The van der Waals surface area contributed by atoms with Crippen LogP contribution < -0.4 is 5.32 Å². The van der Waals surface area contributed by atoms with E-state index in [2.05, 4.69) is 23.3 Å². The van der Waals surface area contributed by atoms with Gasteiger partial charge in [0.15, 0.2) is 6.29 Å². The molecule has 0 aromatic rings. The zero-order chi connectivity index (χ0) is 43.4. The fraction of sp³-hybridized carbons (Fsp3) is 0.935. The number of aliphatic hydroxyl groups is 4. The number of nitrogens with one attached hydrogen (secondary N) is 1. The number of allylic oxidation sites excluding steroid dienone is 1. The van der Waals surface area contributed by atoms with Gasteiger partial charge in [-0.05, 0) is 19.3 Å². The lowest BCUT2D eigenvalue weighted by atomic mass is 9.99. The number of unbranched alkanes of at least 4 members (excludes halogenated alkanes) is 29. The molecular formula is C46H89NO11S. The summed E-state index contributed by atoms with van der Waals surface area (Å²) in [6, 6.07) is -0.937. The zero-order valence-corrected chi connectivity index (χ0v) is 38.1. The molecule has 7 atom stereocenters. The number of amides is 1. The maximum absolute atomic E-state index is 13.0. The molecule has 1 heterocycles. The minimum absolute atomic E-state index is 0.260. The molecule has 1 amide bonds. The van der Waals surface area contributed by atoms with Crippen molar-refractivity contribution in [2.24, 2.45) is 0 Å². The van der Waals surface area contributed by atoms with Crippen LogP contribution in [0.4, 0.5) is 0 Å². The molecule has 0 radical (unpaired) electrons. The Morgan fingerprint density at radius 1 is 0.661 bits per heavy atom. The number of ether oxygens (including phenoxy) is 2. The van der Waals surface area contributed by atoms with Gasteiger partial charge in [-0.2, -0.15) is 8.42 Å². The summed E-state index contributed by atoms with van der Waals surface area (Å²) in [5, 5.41) is 44.7. The monoisotopic (exact) mass is 864 g/mol. The third-order valence-corrected chi connectivity index (χ3v) is 12.0. The van der Waals surface area contributed by atoms with E-state index in [1.165, 1.54) is 154 Å². The molecule has 1 aliphatic rings. The van der Waals surface area contributed by atoms with E-state index in [9.17, 15) is 38.2 Å². The minimum Gasteiger partial charge on any atom is -0.394 e. The smallest absolute Gasteiger partial charge is 0.394 e. The summed E-state index contributed by atoms with van der Waals surface area (Å²) >= 11 is 0. The summed E-state index contributed by atoms with van der Waals surface area (Å²) in [5.41, 5.74) is 0. The van der Waals surface area contributed by atoms with E-state index in [0.29, 0.717) is 6.42 Å². The highest BCUT2D eigenvalue weighted by molar-refractivity contribution is 7.80. The second kappa shape index (κ2) is 37.4. The molecule has 2 unspecified atom stereocenters. The van der Waals surface area contributed by atoms with Gasteiger partial charge in [0.25, 0.3) is 0 Å². The Bertz CT molecular complexity index is 1110. The summed E-state index contributed by atoms with van der Waals surface area (Å²) in [7, 11) is -5.08. The van der Waals surface area contributed by atoms with E-state index in [4.69, 9.17) is 9.47 Å². The third-order valence-electron chi connectivity index (χ3n) is 11.6. The highest BCUT2D eigenvalue weighted by atomic mass is 32.3. The lowest BCUT2D eigenvalue weighted by molar-refractivity contribution is -0.298. The predicted molar refractivity (Wildman–Crippen MR) is 236 cm³/mol. The van der Waals surface area contributed by atoms with Gasteiger partial charge in [-0.25, -0.2) is 4.18 Å². The van der Waals surface area contributed by atoms with E-state index < -0.39 is 59.9 Å². The molecule has 59 heavy (non-hydrogen) atoms. The van der Waals surface area contributed by atoms with Crippen LogP contribution in [0, 0.1) is 0 Å². The SMILES string of the molecule is CCCCCCCCCCCCC/C=C/C(O)C(CO[C@@H]1O[C@H](CO)[C@H](O)[C@H](OS(=O)(=O)O)[C@H]1O)NC(=O)CCCCCCCCCCCCCCCCCCCCC. The number of carbonyl (C=O) groups is 1. The van der Waals surface area contributed by atoms with Crippen molar-refractivity contribution in [2.75, 3.05) is 13.2 Å². The maximum Gasteiger partial charge on any atom is 0.397 e. The fourth-order valence-electron chi connectivity index (χ4n) is 7.81. The average molecular weight is 864 g/mol. The quantitative estimate of drug-likeness (QED) is 0.0195.